The zero-order chi connectivity index (χ0) is 9.91. The van der Waals surface area contributed by atoms with Crippen LogP contribution in [0.1, 0.15) is 13.8 Å². The summed E-state index contributed by atoms with van der Waals surface area (Å²) < 4.78 is 31.6. The van der Waals surface area contributed by atoms with Gasteiger partial charge in [0.25, 0.3) is 0 Å². The molecule has 0 saturated heterocycles. The molecule has 0 aromatic carbocycles. The van der Waals surface area contributed by atoms with Gasteiger partial charge in [0.15, 0.2) is 0 Å². The Balaban J connectivity index is -0.0000000406. The molecular formula is C5H13NaO5S. The normalized spacial score (nSPS) is 7.42. The molecule has 0 aliphatic carbocycles. The molecule has 0 atom stereocenters. The van der Waals surface area contributed by atoms with Crippen LogP contribution < -0.4 is 34.7 Å². The molecule has 0 amide bonds. The summed E-state index contributed by atoms with van der Waals surface area (Å²) in [5.41, 5.74) is 0. The minimum absolute atomic E-state index is 0. The third-order valence-electron chi connectivity index (χ3n) is 0. The SMILES string of the molecule is C=CC.CC[O-].O=S(=O)(O)O.[Na+]. The molecule has 0 aromatic rings. The summed E-state index contributed by atoms with van der Waals surface area (Å²) in [6.07, 6.45) is 1.75. The first kappa shape index (κ1) is 22.9. The van der Waals surface area contributed by atoms with E-state index in [1.807, 2.05) is 6.92 Å². The Morgan fingerprint density at radius 1 is 1.50 bits per heavy atom. The van der Waals surface area contributed by atoms with E-state index in [-0.39, 0.29) is 36.2 Å². The van der Waals surface area contributed by atoms with Crippen molar-refractivity contribution in [2.45, 2.75) is 13.8 Å². The van der Waals surface area contributed by atoms with Gasteiger partial charge in [0.2, 0.25) is 0 Å². The van der Waals surface area contributed by atoms with Gasteiger partial charge in [-0.1, -0.05) is 13.0 Å². The van der Waals surface area contributed by atoms with Crippen LogP contribution in [-0.4, -0.2) is 24.1 Å². The summed E-state index contributed by atoms with van der Waals surface area (Å²) in [5, 5.41) is 8.93. The van der Waals surface area contributed by atoms with E-state index in [0.29, 0.717) is 0 Å². The van der Waals surface area contributed by atoms with Gasteiger partial charge < -0.3 is 5.11 Å². The molecule has 7 heteroatoms. The second-order valence-corrected chi connectivity index (χ2v) is 2.04. The first-order chi connectivity index (χ1) is 4.83. The largest absolute Gasteiger partial charge is 1.00 e. The Morgan fingerprint density at radius 2 is 1.50 bits per heavy atom. The quantitative estimate of drug-likeness (QED) is 0.250. The third-order valence-corrected chi connectivity index (χ3v) is 0. The minimum Gasteiger partial charge on any atom is -0.855 e. The molecular weight excluding hydrogens is 195 g/mol. The van der Waals surface area contributed by atoms with Crippen molar-refractivity contribution >= 4 is 10.4 Å². The van der Waals surface area contributed by atoms with Crippen molar-refractivity contribution < 1.29 is 52.2 Å². The Bertz CT molecular complexity index is 145. The van der Waals surface area contributed by atoms with E-state index in [1.165, 1.54) is 0 Å². The van der Waals surface area contributed by atoms with Crippen LogP contribution in [-0.2, 0) is 10.4 Å². The molecule has 2 N–H and O–H groups in total. The molecule has 0 aliphatic heterocycles. The molecule has 0 aromatic heterocycles. The van der Waals surface area contributed by atoms with Crippen molar-refractivity contribution in [3.8, 4) is 0 Å². The van der Waals surface area contributed by atoms with Gasteiger partial charge in [-0.2, -0.15) is 8.42 Å². The van der Waals surface area contributed by atoms with Crippen molar-refractivity contribution in [3.63, 3.8) is 0 Å². The van der Waals surface area contributed by atoms with E-state index in [2.05, 4.69) is 6.58 Å². The molecule has 0 saturated carbocycles. The van der Waals surface area contributed by atoms with Gasteiger partial charge in [0.05, 0.1) is 0 Å². The molecule has 0 unspecified atom stereocenters. The zero-order valence-electron chi connectivity index (χ0n) is 7.52. The molecule has 12 heavy (non-hydrogen) atoms. The minimum atomic E-state index is -4.67. The first-order valence-corrected chi connectivity index (χ1v) is 4.08. The topological polar surface area (TPSA) is 97.7 Å². The van der Waals surface area contributed by atoms with E-state index in [9.17, 15) is 0 Å². The fourth-order valence-corrected chi connectivity index (χ4v) is 0. The molecule has 0 spiro atoms. The molecule has 5 nitrogen and oxygen atoms in total. The molecule has 0 bridgehead atoms. The van der Waals surface area contributed by atoms with E-state index in [4.69, 9.17) is 22.6 Å². The molecule has 0 aliphatic rings. The Labute approximate surface area is 95.4 Å². The monoisotopic (exact) mass is 208 g/mol. The summed E-state index contributed by atoms with van der Waals surface area (Å²) in [7, 11) is -4.67. The van der Waals surface area contributed by atoms with Gasteiger partial charge >= 0.3 is 40.0 Å². The summed E-state index contributed by atoms with van der Waals surface area (Å²) in [6, 6.07) is 0. The van der Waals surface area contributed by atoms with Crippen LogP contribution >= 0.6 is 0 Å². The number of hydrogen-bond acceptors (Lipinski definition) is 3. The van der Waals surface area contributed by atoms with Crippen LogP contribution in [0, 0.1) is 0 Å². The fourth-order valence-electron chi connectivity index (χ4n) is 0. The van der Waals surface area contributed by atoms with Gasteiger partial charge in [-0.05, 0) is 6.92 Å². The summed E-state index contributed by atoms with van der Waals surface area (Å²) in [5.74, 6) is 0. The smallest absolute Gasteiger partial charge is 0.855 e. The Morgan fingerprint density at radius 3 is 1.50 bits per heavy atom. The second-order valence-electron chi connectivity index (χ2n) is 1.14. The summed E-state index contributed by atoms with van der Waals surface area (Å²) in [4.78, 5) is 0. The van der Waals surface area contributed by atoms with Crippen LogP contribution in [0.15, 0.2) is 12.7 Å². The van der Waals surface area contributed by atoms with E-state index < -0.39 is 10.4 Å². The van der Waals surface area contributed by atoms with Gasteiger partial charge in [0, 0.05) is 0 Å². The van der Waals surface area contributed by atoms with Gasteiger partial charge in [-0.15, -0.1) is 13.2 Å². The first-order valence-electron chi connectivity index (χ1n) is 2.68. The van der Waals surface area contributed by atoms with E-state index in [0.717, 1.165) is 0 Å². The zero-order valence-corrected chi connectivity index (χ0v) is 10.3. The summed E-state index contributed by atoms with van der Waals surface area (Å²) in [6.45, 7) is 6.82. The van der Waals surface area contributed by atoms with Crippen molar-refractivity contribution in [2.24, 2.45) is 0 Å². The van der Waals surface area contributed by atoms with Crippen molar-refractivity contribution in [3.05, 3.63) is 12.7 Å². The molecule has 0 rings (SSSR count). The van der Waals surface area contributed by atoms with Crippen molar-refractivity contribution in [2.75, 3.05) is 6.61 Å². The second kappa shape index (κ2) is 17.6. The van der Waals surface area contributed by atoms with Gasteiger partial charge in [-0.3, -0.25) is 9.11 Å². The number of allylic oxidation sites excluding steroid dienone is 1. The number of hydrogen-bond donors (Lipinski definition) is 2. The maximum Gasteiger partial charge on any atom is 1.00 e. The van der Waals surface area contributed by atoms with Gasteiger partial charge in [0.1, 0.15) is 0 Å². The van der Waals surface area contributed by atoms with Gasteiger partial charge in [-0.25, -0.2) is 0 Å². The van der Waals surface area contributed by atoms with E-state index in [1.54, 1.807) is 13.0 Å². The molecule has 0 heterocycles. The van der Waals surface area contributed by atoms with Crippen molar-refractivity contribution in [1.82, 2.24) is 0 Å². The fraction of sp³-hybridized carbons (Fsp3) is 0.600. The van der Waals surface area contributed by atoms with Crippen LogP contribution in [0.5, 0.6) is 0 Å². The molecule has 70 valence electrons. The average molecular weight is 208 g/mol. The number of rotatable bonds is 0. The van der Waals surface area contributed by atoms with Crippen molar-refractivity contribution in [1.29, 1.82) is 0 Å². The van der Waals surface area contributed by atoms with Crippen LogP contribution in [0.25, 0.3) is 0 Å². The standard InChI is InChI=1S/C3H6.C2H5O.Na.H2O4S/c1-3-2;1-2-3;;1-5(2,3)4/h3H,1H2,2H3;2H2,1H3;;(H2,1,2,3,4)/q;-1;+1;. The van der Waals surface area contributed by atoms with Crippen LogP contribution in [0.4, 0.5) is 0 Å². The summed E-state index contributed by atoms with van der Waals surface area (Å²) >= 11 is 0. The average Bonchev–Trinajstić information content (AvgIpc) is 1.62. The molecule has 0 radical (unpaired) electrons. The van der Waals surface area contributed by atoms with E-state index >= 15 is 0 Å². The molecule has 0 fully saturated rings. The van der Waals surface area contributed by atoms with Crippen LogP contribution in [0.2, 0.25) is 0 Å². The Kier molecular flexibility index (Phi) is 33.6. The third kappa shape index (κ3) is 2980. The predicted octanol–water partition coefficient (Wildman–Crippen LogP) is -3.09. The predicted molar refractivity (Wildman–Crippen MR) is 40.6 cm³/mol. The Hall–Kier alpha value is 0.570. The maximum atomic E-state index is 8.93. The van der Waals surface area contributed by atoms with Crippen LogP contribution in [0.3, 0.4) is 0 Å². The maximum absolute atomic E-state index is 8.93.